The van der Waals surface area contributed by atoms with Crippen LogP contribution in [-0.4, -0.2) is 88.0 Å². The fourth-order valence-electron chi connectivity index (χ4n) is 4.38. The Morgan fingerprint density at radius 1 is 1.14 bits per heavy atom. The van der Waals surface area contributed by atoms with Crippen LogP contribution >= 0.6 is 0 Å². The van der Waals surface area contributed by atoms with Crippen molar-refractivity contribution in [3.05, 3.63) is 53.6 Å². The van der Waals surface area contributed by atoms with E-state index in [1.807, 2.05) is 6.92 Å². The van der Waals surface area contributed by atoms with Crippen molar-refractivity contribution in [2.45, 2.75) is 51.9 Å². The molecular formula is C30H39FN2O10. The summed E-state index contributed by atoms with van der Waals surface area (Å²) in [7, 11) is 1.37. The van der Waals surface area contributed by atoms with Crippen LogP contribution in [0.15, 0.2) is 36.5 Å². The number of esters is 2. The molecule has 2 heterocycles. The number of nitrogens with zero attached hydrogens (tertiary/aromatic N) is 1. The molecule has 236 valence electrons. The maximum absolute atomic E-state index is 13.5. The number of pyridine rings is 1. The molecule has 2 aromatic rings. The molecule has 1 aliphatic heterocycles. The van der Waals surface area contributed by atoms with Gasteiger partial charge in [0.1, 0.15) is 18.5 Å². The number of nitrogens with one attached hydrogen (secondary N) is 1. The van der Waals surface area contributed by atoms with Crippen molar-refractivity contribution < 1.29 is 51.9 Å². The molecule has 1 saturated heterocycles. The Hall–Kier alpha value is -3.81. The van der Waals surface area contributed by atoms with E-state index in [1.54, 1.807) is 26.0 Å². The Morgan fingerprint density at radius 2 is 1.91 bits per heavy atom. The topological polar surface area (TPSA) is 141 Å². The predicted octanol–water partition coefficient (Wildman–Crippen LogP) is 2.86. The Bertz CT molecular complexity index is 1200. The molecule has 3 rings (SSSR count). The van der Waals surface area contributed by atoms with Crippen molar-refractivity contribution in [3.8, 4) is 11.5 Å². The maximum atomic E-state index is 13.5. The summed E-state index contributed by atoms with van der Waals surface area (Å²) in [5.74, 6) is -2.73. The van der Waals surface area contributed by atoms with Crippen LogP contribution in [0.3, 0.4) is 0 Å². The smallest absolute Gasteiger partial charge is 0.334 e. The number of benzene rings is 1. The van der Waals surface area contributed by atoms with Gasteiger partial charge in [-0.05, 0) is 44.4 Å². The number of aromatic nitrogens is 1. The number of cyclic esters (lactones) is 1. The molecule has 1 aromatic carbocycles. The van der Waals surface area contributed by atoms with Gasteiger partial charge in [-0.2, -0.15) is 0 Å². The predicted molar refractivity (Wildman–Crippen MR) is 150 cm³/mol. The third-order valence-corrected chi connectivity index (χ3v) is 6.61. The van der Waals surface area contributed by atoms with Crippen molar-refractivity contribution in [1.29, 1.82) is 0 Å². The summed E-state index contributed by atoms with van der Waals surface area (Å²) in [4.78, 5) is 42.4. The number of carbonyl (C=O) groups is 3. The molecule has 0 bridgehead atoms. The Balaban J connectivity index is 1.74. The lowest BCUT2D eigenvalue weighted by Gasteiger charge is -2.30. The van der Waals surface area contributed by atoms with Crippen LogP contribution in [0.2, 0.25) is 0 Å². The average Bonchev–Trinajstić information content (AvgIpc) is 3.05. The molecule has 1 amide bonds. The first-order valence-corrected chi connectivity index (χ1v) is 14.1. The van der Waals surface area contributed by atoms with Crippen molar-refractivity contribution in [2.75, 3.05) is 46.9 Å². The largest absolute Gasteiger partial charge is 0.493 e. The number of ether oxygens (including phenoxy) is 7. The fraction of sp³-hybridized carbons (Fsp3) is 0.533. The number of halogens is 1. The molecule has 4 atom stereocenters. The highest BCUT2D eigenvalue weighted by Gasteiger charge is 2.36. The van der Waals surface area contributed by atoms with E-state index in [1.165, 1.54) is 31.5 Å². The van der Waals surface area contributed by atoms with Gasteiger partial charge in [-0.3, -0.25) is 4.79 Å². The van der Waals surface area contributed by atoms with Gasteiger partial charge >= 0.3 is 11.9 Å². The Kier molecular flexibility index (Phi) is 13.6. The molecule has 1 N–H and O–H groups in total. The first-order chi connectivity index (χ1) is 20.8. The van der Waals surface area contributed by atoms with Crippen LogP contribution in [0.25, 0.3) is 0 Å². The second-order valence-electron chi connectivity index (χ2n) is 9.72. The van der Waals surface area contributed by atoms with Crippen LogP contribution in [-0.2, 0) is 39.7 Å². The first-order valence-electron chi connectivity index (χ1n) is 14.1. The second kappa shape index (κ2) is 17.3. The first kappa shape index (κ1) is 33.7. The lowest BCUT2D eigenvalue weighted by Crippen LogP contribution is -2.46. The molecule has 1 fully saturated rings. The van der Waals surface area contributed by atoms with Crippen LogP contribution in [0.1, 0.15) is 43.2 Å². The highest BCUT2D eigenvalue weighted by atomic mass is 19.1. The van der Waals surface area contributed by atoms with Crippen molar-refractivity contribution in [2.24, 2.45) is 5.92 Å². The van der Waals surface area contributed by atoms with Crippen LogP contribution in [0, 0.1) is 11.7 Å². The molecule has 1 aliphatic rings. The maximum Gasteiger partial charge on any atom is 0.334 e. The zero-order chi connectivity index (χ0) is 31.2. The summed E-state index contributed by atoms with van der Waals surface area (Å²) in [6.07, 6.45) is 1.51. The highest BCUT2D eigenvalue weighted by molar-refractivity contribution is 5.98. The van der Waals surface area contributed by atoms with E-state index in [9.17, 15) is 18.8 Å². The van der Waals surface area contributed by atoms with Gasteiger partial charge in [-0.1, -0.05) is 19.1 Å². The van der Waals surface area contributed by atoms with Gasteiger partial charge in [0.25, 0.3) is 5.91 Å². The number of methoxy groups -OCH3 is 1. The molecule has 12 nitrogen and oxygen atoms in total. The minimum absolute atomic E-state index is 0.0928. The quantitative estimate of drug-likeness (QED) is 0.251. The number of hydrogen-bond acceptors (Lipinski definition) is 11. The third-order valence-electron chi connectivity index (χ3n) is 6.61. The normalized spacial score (nSPS) is 20.6. The van der Waals surface area contributed by atoms with Gasteiger partial charge in [-0.25, -0.2) is 19.0 Å². The van der Waals surface area contributed by atoms with E-state index < -0.39 is 42.9 Å². The molecule has 4 unspecified atom stereocenters. The number of hydrogen-bond donors (Lipinski definition) is 1. The van der Waals surface area contributed by atoms with Crippen LogP contribution in [0.4, 0.5) is 4.39 Å². The van der Waals surface area contributed by atoms with Gasteiger partial charge in [0.2, 0.25) is 6.79 Å². The summed E-state index contributed by atoms with van der Waals surface area (Å²) in [6, 6.07) is 6.39. The van der Waals surface area contributed by atoms with E-state index in [2.05, 4.69) is 10.3 Å². The van der Waals surface area contributed by atoms with Gasteiger partial charge in [-0.15, -0.1) is 0 Å². The fourth-order valence-corrected chi connectivity index (χ4v) is 4.38. The molecule has 0 radical (unpaired) electrons. The Morgan fingerprint density at radius 3 is 2.60 bits per heavy atom. The minimum atomic E-state index is -1.18. The van der Waals surface area contributed by atoms with Gasteiger partial charge in [0, 0.05) is 31.4 Å². The molecular weight excluding hydrogens is 567 g/mol. The SMILES string of the molecule is CCCOC1COCC(NC(=O)c2nccc(OC)c2OCOC(=O)COCC)C(=O)OC(C)C1Cc1ccc(F)cc1. The number of carbonyl (C=O) groups excluding carboxylic acids is 3. The monoisotopic (exact) mass is 606 g/mol. The van der Waals surface area contributed by atoms with E-state index in [0.29, 0.717) is 19.6 Å². The highest BCUT2D eigenvalue weighted by Crippen LogP contribution is 2.30. The zero-order valence-corrected chi connectivity index (χ0v) is 24.8. The number of rotatable bonds is 14. The van der Waals surface area contributed by atoms with E-state index in [-0.39, 0.29) is 48.7 Å². The van der Waals surface area contributed by atoms with Gasteiger partial charge < -0.3 is 38.5 Å². The summed E-state index contributed by atoms with van der Waals surface area (Å²) in [5, 5.41) is 2.60. The van der Waals surface area contributed by atoms with E-state index in [4.69, 9.17) is 33.2 Å². The minimum Gasteiger partial charge on any atom is -0.493 e. The molecule has 1 aromatic heterocycles. The van der Waals surface area contributed by atoms with Gasteiger partial charge in [0.05, 0.1) is 26.4 Å². The summed E-state index contributed by atoms with van der Waals surface area (Å²) in [6.45, 7) is 5.43. The summed E-state index contributed by atoms with van der Waals surface area (Å²) < 4.78 is 52.0. The molecule has 13 heteroatoms. The molecule has 43 heavy (non-hydrogen) atoms. The summed E-state index contributed by atoms with van der Waals surface area (Å²) in [5.41, 5.74) is 0.642. The van der Waals surface area contributed by atoms with Gasteiger partial charge in [0.15, 0.2) is 23.2 Å². The van der Waals surface area contributed by atoms with Crippen LogP contribution in [0.5, 0.6) is 11.5 Å². The van der Waals surface area contributed by atoms with Crippen molar-refractivity contribution in [3.63, 3.8) is 0 Å². The second-order valence-corrected chi connectivity index (χ2v) is 9.72. The standard InChI is InChI=1S/C30H39FN2O10/c1-5-13-40-25-16-39-15-23(30(36)43-19(3)22(25)14-20-7-9-21(31)10-8-20)33-29(35)27-28(24(37-4)11-12-32-27)42-18-41-26(34)17-38-6-2/h7-12,19,22-23,25H,5-6,13-18H2,1-4H3,(H,33,35). The molecule has 0 spiro atoms. The van der Waals surface area contributed by atoms with E-state index in [0.717, 1.165) is 12.0 Å². The summed E-state index contributed by atoms with van der Waals surface area (Å²) >= 11 is 0. The van der Waals surface area contributed by atoms with Crippen molar-refractivity contribution in [1.82, 2.24) is 10.3 Å². The average molecular weight is 607 g/mol. The van der Waals surface area contributed by atoms with Crippen molar-refractivity contribution >= 4 is 17.8 Å². The van der Waals surface area contributed by atoms with E-state index >= 15 is 0 Å². The van der Waals surface area contributed by atoms with Crippen LogP contribution < -0.4 is 14.8 Å². The lowest BCUT2D eigenvalue weighted by molar-refractivity contribution is -0.156. The zero-order valence-electron chi connectivity index (χ0n) is 24.8. The molecule has 0 saturated carbocycles. The lowest BCUT2D eigenvalue weighted by atomic mass is 9.89. The third kappa shape index (κ3) is 10.2. The number of amides is 1. The Labute approximate surface area is 250 Å². The molecule has 0 aliphatic carbocycles.